The van der Waals surface area contributed by atoms with Gasteiger partial charge in [-0.2, -0.15) is 24.6 Å². The fraction of sp³-hybridized carbons (Fsp3) is 0.474. The van der Waals surface area contributed by atoms with E-state index in [1.54, 1.807) is 0 Å². The molecule has 1 aromatic carbocycles. The molecule has 2 unspecified atom stereocenters. The summed E-state index contributed by atoms with van der Waals surface area (Å²) in [5, 5.41) is 0. The minimum absolute atomic E-state index is 0. The van der Waals surface area contributed by atoms with Gasteiger partial charge in [-0.05, 0) is 19.3 Å². The van der Waals surface area contributed by atoms with Crippen molar-refractivity contribution in [1.29, 1.82) is 0 Å². The zero-order valence-electron chi connectivity index (χ0n) is 15.0. The van der Waals surface area contributed by atoms with Crippen molar-refractivity contribution in [2.75, 3.05) is 32.1 Å². The van der Waals surface area contributed by atoms with E-state index in [0.29, 0.717) is 5.92 Å². The summed E-state index contributed by atoms with van der Waals surface area (Å²) < 4.78 is 4.87. The van der Waals surface area contributed by atoms with E-state index in [-0.39, 0.29) is 33.2 Å². The molecule has 5 heteroatoms. The molecule has 4 nitrogen and oxygen atoms in total. The van der Waals surface area contributed by atoms with Crippen LogP contribution in [-0.4, -0.2) is 44.3 Å². The number of rotatable bonds is 4. The molecule has 0 radical (unpaired) electrons. The summed E-state index contributed by atoms with van der Waals surface area (Å²) in [7, 11) is 3.51. The third kappa shape index (κ3) is 5.04. The topological polar surface area (TPSA) is 32.8 Å². The van der Waals surface area contributed by atoms with E-state index >= 15 is 0 Å². The number of nitrogens with zero attached hydrogens (tertiary/aromatic N) is 2. The molecule has 1 aliphatic heterocycles. The number of aryl methyl sites for hydroxylation is 1. The van der Waals surface area contributed by atoms with Crippen molar-refractivity contribution in [1.82, 2.24) is 4.90 Å². The SMILES string of the molecule is [CH2-]c1ccc(N(C)CC=CC2CC(C)CN2C(=O)OC)c(C)c1.[W]. The van der Waals surface area contributed by atoms with Crippen molar-refractivity contribution < 1.29 is 30.6 Å². The number of carbonyl (C=O) groups excluding carboxylic acids is 1. The Kier molecular flexibility index (Phi) is 7.88. The van der Waals surface area contributed by atoms with Gasteiger partial charge in [0.1, 0.15) is 0 Å². The number of benzene rings is 1. The van der Waals surface area contributed by atoms with Crippen LogP contribution in [0.15, 0.2) is 30.4 Å². The summed E-state index contributed by atoms with van der Waals surface area (Å²) >= 11 is 0. The van der Waals surface area contributed by atoms with E-state index in [9.17, 15) is 4.79 Å². The zero-order valence-corrected chi connectivity index (χ0v) is 17.9. The standard InChI is InChI=1S/C19H27N2O2.W/c1-14-8-9-18(16(3)11-14)20(4)10-6-7-17-12-15(2)13-21(17)19(22)23-5;/h6-9,11,15,17H,1,10,12-13H2,2-5H3;/q-1;. The number of anilines is 1. The number of amides is 1. The van der Waals surface area contributed by atoms with Crippen LogP contribution in [-0.2, 0) is 25.8 Å². The minimum atomic E-state index is -0.237. The molecule has 1 heterocycles. The fourth-order valence-electron chi connectivity index (χ4n) is 3.22. The first kappa shape index (κ1) is 20.6. The van der Waals surface area contributed by atoms with Gasteiger partial charge in [-0.15, -0.1) is 0 Å². The average Bonchev–Trinajstić information content (AvgIpc) is 2.87. The van der Waals surface area contributed by atoms with Crippen LogP contribution in [0, 0.1) is 19.8 Å². The number of ether oxygens (including phenoxy) is 1. The van der Waals surface area contributed by atoms with Crippen molar-refractivity contribution in [2.45, 2.75) is 26.3 Å². The van der Waals surface area contributed by atoms with Crippen LogP contribution in [0.2, 0.25) is 0 Å². The van der Waals surface area contributed by atoms with Crippen LogP contribution in [0.4, 0.5) is 10.5 Å². The summed E-state index contributed by atoms with van der Waals surface area (Å²) in [6.07, 6.45) is 5.02. The quantitative estimate of drug-likeness (QED) is 0.469. The normalized spacial score (nSPS) is 20.1. The van der Waals surface area contributed by atoms with E-state index in [0.717, 1.165) is 25.1 Å². The fourth-order valence-corrected chi connectivity index (χ4v) is 3.22. The Hall–Kier alpha value is -1.41. The summed E-state index contributed by atoms with van der Waals surface area (Å²) in [5.41, 5.74) is 3.45. The second kappa shape index (κ2) is 9.17. The van der Waals surface area contributed by atoms with Crippen molar-refractivity contribution in [2.24, 2.45) is 5.92 Å². The van der Waals surface area contributed by atoms with E-state index in [4.69, 9.17) is 4.74 Å². The van der Waals surface area contributed by atoms with Gasteiger partial charge in [-0.25, -0.2) is 4.79 Å². The molecule has 1 aliphatic rings. The van der Waals surface area contributed by atoms with Crippen LogP contribution in [0.25, 0.3) is 0 Å². The maximum absolute atomic E-state index is 11.8. The van der Waals surface area contributed by atoms with Gasteiger partial charge in [-0.3, -0.25) is 0 Å². The van der Waals surface area contributed by atoms with Gasteiger partial charge in [0.15, 0.2) is 0 Å². The number of likely N-dealkylation sites (N-methyl/N-ethyl adjacent to an activating group) is 1. The van der Waals surface area contributed by atoms with E-state index in [2.05, 4.69) is 57.0 Å². The number of methoxy groups -OCH3 is 1. The van der Waals surface area contributed by atoms with Gasteiger partial charge in [0, 0.05) is 46.9 Å². The van der Waals surface area contributed by atoms with Gasteiger partial charge in [-0.1, -0.05) is 30.7 Å². The Morgan fingerprint density at radius 2 is 2.21 bits per heavy atom. The second-order valence-corrected chi connectivity index (χ2v) is 6.46. The molecule has 132 valence electrons. The van der Waals surface area contributed by atoms with Gasteiger partial charge in [0.2, 0.25) is 0 Å². The molecule has 2 atom stereocenters. The molecule has 0 bridgehead atoms. The Bertz CT molecular complexity index is 589. The minimum Gasteiger partial charge on any atom is -0.453 e. The molecular formula is C19H27N2O2W-. The molecule has 1 aromatic rings. The summed E-state index contributed by atoms with van der Waals surface area (Å²) in [6.45, 7) is 9.79. The average molecular weight is 499 g/mol. The molecule has 0 aromatic heterocycles. The number of hydrogen-bond donors (Lipinski definition) is 0. The molecule has 0 N–H and O–H groups in total. The third-order valence-corrected chi connectivity index (χ3v) is 4.37. The first-order valence-electron chi connectivity index (χ1n) is 8.07. The van der Waals surface area contributed by atoms with Crippen LogP contribution in [0.1, 0.15) is 24.5 Å². The van der Waals surface area contributed by atoms with Gasteiger partial charge in [0.05, 0.1) is 13.2 Å². The third-order valence-electron chi connectivity index (χ3n) is 4.37. The first-order chi connectivity index (χ1) is 10.9. The van der Waals surface area contributed by atoms with Gasteiger partial charge < -0.3 is 14.5 Å². The Balaban J connectivity index is 0.00000288. The summed E-state index contributed by atoms with van der Waals surface area (Å²) in [5.74, 6) is 0.508. The van der Waals surface area contributed by atoms with Gasteiger partial charge >= 0.3 is 6.09 Å². The predicted octanol–water partition coefficient (Wildman–Crippen LogP) is 3.64. The van der Waals surface area contributed by atoms with Crippen LogP contribution in [0.3, 0.4) is 0 Å². The van der Waals surface area contributed by atoms with E-state index in [1.165, 1.54) is 18.4 Å². The van der Waals surface area contributed by atoms with Crippen LogP contribution >= 0.6 is 0 Å². The number of carbonyl (C=O) groups is 1. The molecule has 1 amide bonds. The van der Waals surface area contributed by atoms with Gasteiger partial charge in [0.25, 0.3) is 0 Å². The number of hydrogen-bond acceptors (Lipinski definition) is 3. The van der Waals surface area contributed by atoms with Crippen molar-refractivity contribution in [3.8, 4) is 0 Å². The zero-order chi connectivity index (χ0) is 17.0. The monoisotopic (exact) mass is 499 g/mol. The largest absolute Gasteiger partial charge is 0.453 e. The molecule has 24 heavy (non-hydrogen) atoms. The summed E-state index contributed by atoms with van der Waals surface area (Å²) in [4.78, 5) is 15.8. The van der Waals surface area contributed by atoms with E-state index < -0.39 is 0 Å². The second-order valence-electron chi connectivity index (χ2n) is 6.46. The smallest absolute Gasteiger partial charge is 0.409 e. The summed E-state index contributed by atoms with van der Waals surface area (Å²) in [6, 6.07) is 6.35. The maximum Gasteiger partial charge on any atom is 0.409 e. The Labute approximate surface area is 160 Å². The van der Waals surface area contributed by atoms with Crippen molar-refractivity contribution in [3.63, 3.8) is 0 Å². The molecule has 1 saturated heterocycles. The van der Waals surface area contributed by atoms with Crippen molar-refractivity contribution in [3.05, 3.63) is 48.4 Å². The van der Waals surface area contributed by atoms with E-state index in [1.807, 2.05) is 11.0 Å². The first-order valence-corrected chi connectivity index (χ1v) is 8.07. The van der Waals surface area contributed by atoms with Crippen LogP contribution in [0.5, 0.6) is 0 Å². The Morgan fingerprint density at radius 1 is 1.50 bits per heavy atom. The molecule has 1 fully saturated rings. The molecule has 0 saturated carbocycles. The molecule has 0 spiro atoms. The molecular weight excluding hydrogens is 472 g/mol. The van der Waals surface area contributed by atoms with Crippen molar-refractivity contribution >= 4 is 11.8 Å². The molecule has 0 aliphatic carbocycles. The maximum atomic E-state index is 11.8. The predicted molar refractivity (Wildman–Crippen MR) is 94.7 cm³/mol. The van der Waals surface area contributed by atoms with Crippen LogP contribution < -0.4 is 4.90 Å². The Morgan fingerprint density at radius 3 is 2.83 bits per heavy atom. The molecule has 2 rings (SSSR count). The number of likely N-dealkylation sites (tertiary alicyclic amines) is 1.